The lowest BCUT2D eigenvalue weighted by Crippen LogP contribution is -2.53. The first-order valence-corrected chi connectivity index (χ1v) is 11.1. The molecule has 1 aliphatic rings. The van der Waals surface area contributed by atoms with E-state index in [0.29, 0.717) is 12.0 Å². The summed E-state index contributed by atoms with van der Waals surface area (Å²) in [7, 11) is 0. The van der Waals surface area contributed by atoms with Gasteiger partial charge in [-0.05, 0) is 54.8 Å². The van der Waals surface area contributed by atoms with Gasteiger partial charge in [0.15, 0.2) is 5.76 Å². The van der Waals surface area contributed by atoms with E-state index in [2.05, 4.69) is 21.6 Å². The number of nitriles is 1. The third kappa shape index (κ3) is 5.80. The first kappa shape index (κ1) is 22.2. The highest BCUT2D eigenvalue weighted by Crippen LogP contribution is 2.20. The average molecular weight is 443 g/mol. The SMILES string of the molecule is N#Cc1ccc(N2CCC(NC(=O)C(Cc3ccccc3)NC(=O)c3ccco3)CC2)cc1. The van der Waals surface area contributed by atoms with E-state index in [1.54, 1.807) is 12.1 Å². The molecular formula is C26H26N4O3. The summed E-state index contributed by atoms with van der Waals surface area (Å²) in [5.41, 5.74) is 2.68. The normalized spacial score (nSPS) is 14.8. The third-order valence-electron chi connectivity index (χ3n) is 5.85. The van der Waals surface area contributed by atoms with Crippen molar-refractivity contribution in [2.24, 2.45) is 0 Å². The molecule has 0 spiro atoms. The fourth-order valence-corrected chi connectivity index (χ4v) is 4.03. The van der Waals surface area contributed by atoms with Crippen molar-refractivity contribution >= 4 is 17.5 Å². The van der Waals surface area contributed by atoms with Gasteiger partial charge in [-0.15, -0.1) is 0 Å². The number of hydrogen-bond donors (Lipinski definition) is 2. The monoisotopic (exact) mass is 442 g/mol. The molecule has 0 radical (unpaired) electrons. The van der Waals surface area contributed by atoms with Gasteiger partial charge < -0.3 is 20.0 Å². The summed E-state index contributed by atoms with van der Waals surface area (Å²) < 4.78 is 5.18. The maximum absolute atomic E-state index is 13.1. The number of piperidine rings is 1. The summed E-state index contributed by atoms with van der Waals surface area (Å²) in [5, 5.41) is 14.9. The number of carbonyl (C=O) groups is 2. The molecule has 0 aliphatic carbocycles. The largest absolute Gasteiger partial charge is 0.459 e. The van der Waals surface area contributed by atoms with Crippen LogP contribution in [0, 0.1) is 11.3 Å². The molecule has 33 heavy (non-hydrogen) atoms. The molecule has 1 fully saturated rings. The van der Waals surface area contributed by atoms with E-state index in [9.17, 15) is 9.59 Å². The summed E-state index contributed by atoms with van der Waals surface area (Å²) in [5.74, 6) is -0.432. The lowest BCUT2D eigenvalue weighted by molar-refractivity contribution is -0.123. The van der Waals surface area contributed by atoms with Crippen LogP contribution in [0.2, 0.25) is 0 Å². The van der Waals surface area contributed by atoms with Gasteiger partial charge in [-0.25, -0.2) is 0 Å². The van der Waals surface area contributed by atoms with E-state index in [1.807, 2.05) is 54.6 Å². The second kappa shape index (κ2) is 10.5. The van der Waals surface area contributed by atoms with E-state index in [-0.39, 0.29) is 17.7 Å². The predicted molar refractivity (Wildman–Crippen MR) is 125 cm³/mol. The molecule has 0 bridgehead atoms. The highest BCUT2D eigenvalue weighted by molar-refractivity contribution is 5.95. The standard InChI is InChI=1S/C26H26N4O3/c27-18-20-8-10-22(11-9-20)30-14-12-21(13-15-30)28-25(31)23(17-19-5-2-1-3-6-19)29-26(32)24-7-4-16-33-24/h1-11,16,21,23H,12-15,17H2,(H,28,31)(H,29,32). The maximum Gasteiger partial charge on any atom is 0.287 e. The van der Waals surface area contributed by atoms with Crippen LogP contribution in [0.1, 0.15) is 34.5 Å². The number of nitrogens with one attached hydrogen (secondary N) is 2. The van der Waals surface area contributed by atoms with E-state index in [1.165, 1.54) is 6.26 Å². The molecule has 1 saturated heterocycles. The Labute approximate surface area is 193 Å². The van der Waals surface area contributed by atoms with Crippen LogP contribution in [-0.4, -0.2) is 37.0 Å². The van der Waals surface area contributed by atoms with Gasteiger partial charge in [0.1, 0.15) is 6.04 Å². The molecule has 1 aromatic heterocycles. The molecule has 1 unspecified atom stereocenters. The number of hydrogen-bond acceptors (Lipinski definition) is 5. The zero-order valence-corrected chi connectivity index (χ0v) is 18.2. The minimum Gasteiger partial charge on any atom is -0.459 e. The summed E-state index contributed by atoms with van der Waals surface area (Å²) in [4.78, 5) is 27.9. The second-order valence-electron chi connectivity index (χ2n) is 8.12. The lowest BCUT2D eigenvalue weighted by Gasteiger charge is -2.34. The fourth-order valence-electron chi connectivity index (χ4n) is 4.03. The van der Waals surface area contributed by atoms with Gasteiger partial charge in [0.25, 0.3) is 5.91 Å². The van der Waals surface area contributed by atoms with Gasteiger partial charge in [0.05, 0.1) is 17.9 Å². The quantitative estimate of drug-likeness (QED) is 0.585. The topological polar surface area (TPSA) is 98.4 Å². The Hall–Kier alpha value is -4.05. The fraction of sp³-hybridized carbons (Fsp3) is 0.269. The Morgan fingerprint density at radius 1 is 1.03 bits per heavy atom. The number of amides is 2. The highest BCUT2D eigenvalue weighted by atomic mass is 16.3. The van der Waals surface area contributed by atoms with Crippen LogP contribution in [0.5, 0.6) is 0 Å². The molecule has 4 rings (SSSR count). The van der Waals surface area contributed by atoms with Crippen LogP contribution in [0.4, 0.5) is 5.69 Å². The van der Waals surface area contributed by atoms with Crippen LogP contribution in [0.15, 0.2) is 77.4 Å². The first-order valence-electron chi connectivity index (χ1n) is 11.1. The maximum atomic E-state index is 13.1. The van der Waals surface area contributed by atoms with Crippen LogP contribution in [0.3, 0.4) is 0 Å². The number of carbonyl (C=O) groups excluding carboxylic acids is 2. The van der Waals surface area contributed by atoms with Gasteiger partial charge >= 0.3 is 0 Å². The average Bonchev–Trinajstić information content (AvgIpc) is 3.40. The van der Waals surface area contributed by atoms with Gasteiger partial charge in [0, 0.05) is 31.2 Å². The highest BCUT2D eigenvalue weighted by Gasteiger charge is 2.27. The predicted octanol–water partition coefficient (Wildman–Crippen LogP) is 3.28. The van der Waals surface area contributed by atoms with E-state index >= 15 is 0 Å². The molecule has 168 valence electrons. The number of furan rings is 1. The summed E-state index contributed by atoms with van der Waals surface area (Å²) >= 11 is 0. The summed E-state index contributed by atoms with van der Waals surface area (Å²) in [6, 6.07) is 21.9. The molecule has 3 aromatic rings. The molecular weight excluding hydrogens is 416 g/mol. The minimum atomic E-state index is -0.707. The molecule has 2 N–H and O–H groups in total. The molecule has 1 aliphatic heterocycles. The van der Waals surface area contributed by atoms with E-state index in [0.717, 1.165) is 37.2 Å². The van der Waals surface area contributed by atoms with Crippen LogP contribution in [-0.2, 0) is 11.2 Å². The molecule has 0 saturated carbocycles. The zero-order chi connectivity index (χ0) is 23.0. The zero-order valence-electron chi connectivity index (χ0n) is 18.2. The van der Waals surface area contributed by atoms with Crippen LogP contribution < -0.4 is 15.5 Å². The Balaban J connectivity index is 1.36. The van der Waals surface area contributed by atoms with Crippen molar-refractivity contribution in [3.05, 3.63) is 89.9 Å². The molecule has 2 amide bonds. The minimum absolute atomic E-state index is 0.0333. The van der Waals surface area contributed by atoms with Gasteiger partial charge in [-0.1, -0.05) is 30.3 Å². The Bertz CT molecular complexity index is 1100. The Morgan fingerprint density at radius 3 is 2.39 bits per heavy atom. The van der Waals surface area contributed by atoms with Crippen molar-refractivity contribution in [1.82, 2.24) is 10.6 Å². The van der Waals surface area contributed by atoms with Crippen LogP contribution in [0.25, 0.3) is 0 Å². The van der Waals surface area contributed by atoms with Crippen molar-refractivity contribution in [2.45, 2.75) is 31.3 Å². The number of nitrogens with zero attached hydrogens (tertiary/aromatic N) is 2. The molecule has 7 nitrogen and oxygen atoms in total. The summed E-state index contributed by atoms with van der Waals surface area (Å²) in [6.45, 7) is 1.61. The van der Waals surface area contributed by atoms with Crippen LogP contribution >= 0.6 is 0 Å². The smallest absolute Gasteiger partial charge is 0.287 e. The Kier molecular flexibility index (Phi) is 7.06. The van der Waals surface area contributed by atoms with E-state index < -0.39 is 11.9 Å². The van der Waals surface area contributed by atoms with Crippen molar-refractivity contribution < 1.29 is 14.0 Å². The van der Waals surface area contributed by atoms with Crippen molar-refractivity contribution in [1.29, 1.82) is 5.26 Å². The third-order valence-corrected chi connectivity index (χ3v) is 5.85. The van der Waals surface area contributed by atoms with Crippen molar-refractivity contribution in [3.63, 3.8) is 0 Å². The van der Waals surface area contributed by atoms with Crippen molar-refractivity contribution in [2.75, 3.05) is 18.0 Å². The van der Waals surface area contributed by atoms with E-state index in [4.69, 9.17) is 9.68 Å². The summed E-state index contributed by atoms with van der Waals surface area (Å²) in [6.07, 6.45) is 3.43. The van der Waals surface area contributed by atoms with Gasteiger partial charge in [-0.3, -0.25) is 9.59 Å². The molecule has 2 heterocycles. The Morgan fingerprint density at radius 2 is 1.76 bits per heavy atom. The molecule has 1 atom stereocenters. The number of anilines is 1. The first-order chi connectivity index (χ1) is 16.1. The van der Waals surface area contributed by atoms with Gasteiger partial charge in [-0.2, -0.15) is 5.26 Å². The number of benzene rings is 2. The second-order valence-corrected chi connectivity index (χ2v) is 8.12. The number of rotatable bonds is 7. The van der Waals surface area contributed by atoms with Crippen molar-refractivity contribution in [3.8, 4) is 6.07 Å². The molecule has 7 heteroatoms. The lowest BCUT2D eigenvalue weighted by atomic mass is 10.0. The van der Waals surface area contributed by atoms with Gasteiger partial charge in [0.2, 0.25) is 5.91 Å². The molecule has 2 aromatic carbocycles.